The molecule has 0 aliphatic heterocycles. The Morgan fingerprint density at radius 3 is 3.00 bits per heavy atom. The van der Waals surface area contributed by atoms with Crippen molar-refractivity contribution >= 4 is 30.2 Å². The third kappa shape index (κ3) is 10.8. The summed E-state index contributed by atoms with van der Waals surface area (Å²) in [6, 6.07) is 0. The molecule has 0 heterocycles. The summed E-state index contributed by atoms with van der Waals surface area (Å²) in [5, 5.41) is 8.29. The van der Waals surface area contributed by atoms with Crippen LogP contribution < -0.4 is 4.67 Å². The van der Waals surface area contributed by atoms with E-state index in [0.29, 0.717) is 12.2 Å². The van der Waals surface area contributed by atoms with E-state index in [4.69, 9.17) is 5.11 Å². The zero-order valence-electron chi connectivity index (χ0n) is 7.49. The first kappa shape index (κ1) is 11.8. The molecule has 0 aromatic heterocycles. The molecule has 4 heteroatoms. The van der Waals surface area contributed by atoms with Crippen LogP contribution in [0, 0.1) is 11.8 Å². The van der Waals surface area contributed by atoms with Gasteiger partial charge in [0.1, 0.15) is 6.42 Å². The highest BCUT2D eigenvalue weighted by molar-refractivity contribution is 8.00. The maximum atomic E-state index is 10.1. The van der Waals surface area contributed by atoms with Crippen molar-refractivity contribution in [3.8, 4) is 11.8 Å². The predicted molar refractivity (Wildman–Crippen MR) is 57.3 cm³/mol. The van der Waals surface area contributed by atoms with Crippen molar-refractivity contribution in [1.29, 1.82) is 0 Å². The van der Waals surface area contributed by atoms with Crippen LogP contribution in [0.3, 0.4) is 0 Å². The molecule has 0 aliphatic carbocycles. The van der Waals surface area contributed by atoms with Gasteiger partial charge in [-0.2, -0.15) is 0 Å². The average molecular weight is 198 g/mol. The summed E-state index contributed by atoms with van der Waals surface area (Å²) in [6.07, 6.45) is 4.04. The fraction of sp³-hybridized carbons (Fsp3) is 0.444. The summed E-state index contributed by atoms with van der Waals surface area (Å²) in [7, 11) is 0. The van der Waals surface area contributed by atoms with Gasteiger partial charge in [-0.05, 0) is 6.92 Å². The van der Waals surface area contributed by atoms with Crippen LogP contribution in [0.5, 0.6) is 0 Å². The van der Waals surface area contributed by atoms with E-state index in [0.717, 1.165) is 0 Å². The first-order chi connectivity index (χ1) is 6.27. The van der Waals surface area contributed by atoms with Gasteiger partial charge in [-0.3, -0.25) is 4.79 Å². The van der Waals surface area contributed by atoms with E-state index in [2.05, 4.69) is 16.5 Å². The quantitative estimate of drug-likeness (QED) is 0.301. The summed E-state index contributed by atoms with van der Waals surface area (Å²) in [4.78, 5) is 10.1. The molecule has 0 radical (unpaired) electrons. The fourth-order valence-corrected chi connectivity index (χ4v) is 1.00. The number of thioether (sulfide) groups is 1. The van der Waals surface area contributed by atoms with E-state index >= 15 is 0 Å². The van der Waals surface area contributed by atoms with Crippen LogP contribution in [0.1, 0.15) is 13.3 Å². The van der Waals surface area contributed by atoms with E-state index < -0.39 is 5.97 Å². The molecule has 0 unspecified atom stereocenters. The Hall–Kier alpha value is -1.17. The van der Waals surface area contributed by atoms with Crippen LogP contribution in [0.15, 0.2) is 0 Å². The molecule has 0 bridgehead atoms. The largest absolute Gasteiger partial charge is 0.481 e. The number of hydrogen-bond donors (Lipinski definition) is 1. The standard InChI is InChI=1S/C9H11NO2S/c1-2-3-4-5-10-6-7-13-8-9(11)12/h5-6H,4,7-8H2,1H3/p+1. The third-order valence-electron chi connectivity index (χ3n) is 0.999. The maximum Gasteiger partial charge on any atom is 0.313 e. The zero-order valence-corrected chi connectivity index (χ0v) is 8.30. The molecule has 0 rings (SSSR count). The molecule has 70 valence electrons. The Morgan fingerprint density at radius 1 is 1.62 bits per heavy atom. The average Bonchev–Trinajstić information content (AvgIpc) is 2.09. The molecule has 3 nitrogen and oxygen atoms in total. The lowest BCUT2D eigenvalue weighted by molar-refractivity contribution is -0.133. The van der Waals surface area contributed by atoms with Crippen molar-refractivity contribution in [1.82, 2.24) is 4.67 Å². The summed E-state index contributed by atoms with van der Waals surface area (Å²) in [6.45, 7) is 1.78. The van der Waals surface area contributed by atoms with E-state index in [1.54, 1.807) is 19.4 Å². The van der Waals surface area contributed by atoms with Crippen LogP contribution in [0.25, 0.3) is 0 Å². The molecule has 0 aliphatic rings. The monoisotopic (exact) mass is 198 g/mol. The molecular formula is C9H12NO2S+. The number of carboxylic acids is 1. The Balaban J connectivity index is 3.44. The van der Waals surface area contributed by atoms with Crippen LogP contribution in [-0.4, -0.2) is 35.0 Å². The van der Waals surface area contributed by atoms with Crippen LogP contribution in [-0.2, 0) is 4.79 Å². The molecule has 13 heavy (non-hydrogen) atoms. The van der Waals surface area contributed by atoms with E-state index in [1.807, 2.05) is 0 Å². The minimum atomic E-state index is -0.792. The van der Waals surface area contributed by atoms with Crippen molar-refractivity contribution in [3.63, 3.8) is 0 Å². The van der Waals surface area contributed by atoms with Gasteiger partial charge < -0.3 is 5.11 Å². The van der Waals surface area contributed by atoms with Crippen LogP contribution >= 0.6 is 11.8 Å². The van der Waals surface area contributed by atoms with Gasteiger partial charge in [0, 0.05) is 0 Å². The zero-order chi connectivity index (χ0) is 9.94. The highest BCUT2D eigenvalue weighted by atomic mass is 32.2. The molecule has 0 aromatic rings. The fourth-order valence-electron chi connectivity index (χ4n) is 0.517. The minimum absolute atomic E-state index is 0.126. The highest BCUT2D eigenvalue weighted by Crippen LogP contribution is 1.94. The molecule has 1 N–H and O–H groups in total. The van der Waals surface area contributed by atoms with Crippen LogP contribution in [0.2, 0.25) is 0 Å². The Labute approximate surface area is 82.0 Å². The van der Waals surface area contributed by atoms with Gasteiger partial charge >= 0.3 is 5.97 Å². The summed E-state index contributed by atoms with van der Waals surface area (Å²) < 4.78 is 3.94. The SMILES string of the molecule is CC#CCC=[N+]=CCSCC(=O)O. The summed E-state index contributed by atoms with van der Waals surface area (Å²) in [5.41, 5.74) is 0. The normalized spacial score (nSPS) is 7.77. The lowest BCUT2D eigenvalue weighted by atomic mass is 10.5. The Morgan fingerprint density at radius 2 is 2.38 bits per heavy atom. The van der Waals surface area contributed by atoms with Gasteiger partial charge in [-0.1, -0.05) is 5.92 Å². The van der Waals surface area contributed by atoms with Crippen molar-refractivity contribution in [2.45, 2.75) is 13.3 Å². The molecule has 0 saturated heterocycles. The van der Waals surface area contributed by atoms with Gasteiger partial charge in [-0.25, -0.2) is 0 Å². The van der Waals surface area contributed by atoms with Gasteiger partial charge in [0.05, 0.1) is 11.5 Å². The van der Waals surface area contributed by atoms with Crippen molar-refractivity contribution in [2.24, 2.45) is 0 Å². The van der Waals surface area contributed by atoms with Gasteiger partial charge in [0.15, 0.2) is 0 Å². The van der Waals surface area contributed by atoms with E-state index in [-0.39, 0.29) is 5.75 Å². The second-order valence-electron chi connectivity index (χ2n) is 2.05. The molecular weight excluding hydrogens is 186 g/mol. The number of aliphatic carboxylic acids is 1. The number of carbonyl (C=O) groups is 1. The van der Waals surface area contributed by atoms with Gasteiger partial charge in [-0.15, -0.1) is 22.4 Å². The number of hydrogen-bond acceptors (Lipinski definition) is 2. The summed E-state index contributed by atoms with van der Waals surface area (Å²) in [5.74, 6) is 5.54. The third-order valence-corrected chi connectivity index (χ3v) is 1.83. The molecule has 0 amide bonds. The lowest BCUT2D eigenvalue weighted by Gasteiger charge is -1.84. The Kier molecular flexibility index (Phi) is 8.12. The first-order valence-electron chi connectivity index (χ1n) is 3.80. The minimum Gasteiger partial charge on any atom is -0.481 e. The first-order valence-corrected chi connectivity index (χ1v) is 4.95. The van der Waals surface area contributed by atoms with Gasteiger partial charge in [0.2, 0.25) is 0 Å². The number of carboxylic acid groups (broad SMARTS) is 1. The smallest absolute Gasteiger partial charge is 0.313 e. The van der Waals surface area contributed by atoms with Crippen molar-refractivity contribution < 1.29 is 9.90 Å². The van der Waals surface area contributed by atoms with E-state index in [1.165, 1.54) is 11.8 Å². The topological polar surface area (TPSA) is 51.4 Å². The summed E-state index contributed by atoms with van der Waals surface area (Å²) >= 11 is 1.32. The lowest BCUT2D eigenvalue weighted by Crippen LogP contribution is -1.99. The molecule has 0 saturated carbocycles. The van der Waals surface area contributed by atoms with E-state index in [9.17, 15) is 4.79 Å². The second kappa shape index (κ2) is 8.92. The molecule has 0 fully saturated rings. The van der Waals surface area contributed by atoms with Crippen molar-refractivity contribution in [2.75, 3.05) is 11.5 Å². The Bertz CT molecular complexity index is 269. The van der Waals surface area contributed by atoms with Crippen molar-refractivity contribution in [3.05, 3.63) is 0 Å². The van der Waals surface area contributed by atoms with Crippen LogP contribution in [0.4, 0.5) is 0 Å². The highest BCUT2D eigenvalue weighted by Gasteiger charge is 1.95. The molecule has 0 spiro atoms. The molecule has 0 atom stereocenters. The van der Waals surface area contributed by atoms with Gasteiger partial charge in [0.25, 0.3) is 12.4 Å². The second-order valence-corrected chi connectivity index (χ2v) is 3.08. The number of rotatable bonds is 5. The maximum absolute atomic E-state index is 10.1. The number of nitrogens with zero attached hydrogens (tertiary/aromatic N) is 1. The predicted octanol–water partition coefficient (Wildman–Crippen LogP) is 0.426. The molecule has 0 aromatic carbocycles.